The van der Waals surface area contributed by atoms with E-state index in [0.717, 1.165) is 0 Å². The summed E-state index contributed by atoms with van der Waals surface area (Å²) in [5, 5.41) is 2.90. The molecule has 0 fully saturated rings. The summed E-state index contributed by atoms with van der Waals surface area (Å²) in [6, 6.07) is 6.09. The van der Waals surface area contributed by atoms with Crippen molar-refractivity contribution < 1.29 is 41.0 Å². The van der Waals surface area contributed by atoms with Crippen LogP contribution in [0, 0.1) is 0 Å². The molecule has 2 heterocycles. The fourth-order valence-corrected chi connectivity index (χ4v) is 3.34. The molecule has 1 aromatic heterocycles. The number of nitrogens with one attached hydrogen (secondary N) is 1. The lowest BCUT2D eigenvalue weighted by Crippen LogP contribution is -2.48. The van der Waals surface area contributed by atoms with Gasteiger partial charge in [-0.1, -0.05) is 18.2 Å². The van der Waals surface area contributed by atoms with Gasteiger partial charge < -0.3 is 32.2 Å². The number of benzene rings is 1. The number of hydrogen-bond donors (Lipinski definition) is 1. The Balaban J connectivity index is 0.000000739. The van der Waals surface area contributed by atoms with Gasteiger partial charge in [-0.3, -0.25) is 14.4 Å². The average molecular weight is 486 g/mol. The largest absolute Gasteiger partial charge is 0.673 e. The van der Waals surface area contributed by atoms with Gasteiger partial charge in [-0.05, 0) is 32.4 Å². The maximum atomic E-state index is 12.9. The number of hydrogen-bond acceptors (Lipinski definition) is 4. The molecule has 1 atom stereocenters. The lowest BCUT2D eigenvalue weighted by Gasteiger charge is -2.28. The summed E-state index contributed by atoms with van der Waals surface area (Å²) in [6.45, 7) is 6.01. The molecule has 2 amide bonds. The lowest BCUT2D eigenvalue weighted by molar-refractivity contribution is -0.671. The van der Waals surface area contributed by atoms with Crippen LogP contribution in [-0.4, -0.2) is 53.2 Å². The second-order valence-corrected chi connectivity index (χ2v) is 8.69. The van der Waals surface area contributed by atoms with Crippen LogP contribution < -0.4 is 9.88 Å². The van der Waals surface area contributed by atoms with Gasteiger partial charge in [0.05, 0.1) is 7.05 Å². The van der Waals surface area contributed by atoms with E-state index in [4.69, 9.17) is 4.74 Å². The molecule has 1 aromatic carbocycles. The van der Waals surface area contributed by atoms with Crippen LogP contribution in [0.3, 0.4) is 0 Å². The zero-order valence-electron chi connectivity index (χ0n) is 19.3. The molecule has 186 valence electrons. The van der Waals surface area contributed by atoms with Crippen molar-refractivity contribution in [3.63, 3.8) is 0 Å². The van der Waals surface area contributed by atoms with Crippen molar-refractivity contribution in [1.29, 1.82) is 0 Å². The van der Waals surface area contributed by atoms with E-state index in [0.29, 0.717) is 17.7 Å². The number of ether oxygens (including phenoxy) is 1. The third kappa shape index (κ3) is 8.20. The van der Waals surface area contributed by atoms with Crippen LogP contribution in [0.25, 0.3) is 0 Å². The summed E-state index contributed by atoms with van der Waals surface area (Å²) >= 11 is 0. The average Bonchev–Trinajstić information content (AvgIpc) is 3.21. The Hall–Kier alpha value is -3.38. The third-order valence-corrected chi connectivity index (χ3v) is 4.54. The van der Waals surface area contributed by atoms with E-state index in [-0.39, 0.29) is 25.0 Å². The third-order valence-electron chi connectivity index (χ3n) is 4.54. The minimum atomic E-state index is -6.00. The first kappa shape index (κ1) is 26.9. The highest BCUT2D eigenvalue weighted by Crippen LogP contribution is 2.34. The van der Waals surface area contributed by atoms with Gasteiger partial charge in [-0.2, -0.15) is 0 Å². The predicted octanol–water partition coefficient (Wildman–Crippen LogP) is 2.27. The van der Waals surface area contributed by atoms with Crippen LogP contribution in [0.4, 0.5) is 17.3 Å². The topological polar surface area (TPSA) is 84.5 Å². The smallest absolute Gasteiger partial charge is 0.460 e. The Morgan fingerprint density at radius 3 is 2.35 bits per heavy atom. The Kier molecular flexibility index (Phi) is 8.46. The number of nitrogens with zero attached hydrogens (tertiary/aromatic N) is 3. The van der Waals surface area contributed by atoms with Gasteiger partial charge in [0, 0.05) is 11.1 Å². The van der Waals surface area contributed by atoms with Gasteiger partial charge >= 0.3 is 13.2 Å². The van der Waals surface area contributed by atoms with Crippen molar-refractivity contribution in [1.82, 2.24) is 14.8 Å². The molecule has 3 rings (SSSR count). The van der Waals surface area contributed by atoms with Gasteiger partial charge in [-0.25, -0.2) is 9.13 Å². The van der Waals surface area contributed by atoms with Crippen LogP contribution in [0.2, 0.25) is 0 Å². The number of carbonyl (C=O) groups excluding carboxylic acids is 3. The molecule has 0 radical (unpaired) electrons. The quantitative estimate of drug-likeness (QED) is 0.294. The molecular formula is C21H27BF4N4O4. The molecule has 0 saturated heterocycles. The summed E-state index contributed by atoms with van der Waals surface area (Å²) in [6.07, 6.45) is 5.64. The molecule has 0 aliphatic carbocycles. The van der Waals surface area contributed by atoms with Gasteiger partial charge in [0.2, 0.25) is 12.2 Å². The van der Waals surface area contributed by atoms with Crippen molar-refractivity contribution in [3.05, 3.63) is 54.1 Å². The maximum absolute atomic E-state index is 12.9. The molecule has 1 aliphatic rings. The summed E-state index contributed by atoms with van der Waals surface area (Å²) < 4.78 is 48.1. The number of rotatable bonds is 6. The number of esters is 1. The van der Waals surface area contributed by atoms with Crippen molar-refractivity contribution in [3.8, 4) is 0 Å². The van der Waals surface area contributed by atoms with Gasteiger partial charge in [-0.15, -0.1) is 0 Å². The summed E-state index contributed by atoms with van der Waals surface area (Å²) in [5.74, 6) is -1.20. The van der Waals surface area contributed by atoms with Crippen LogP contribution >= 0.6 is 0 Å². The zero-order valence-corrected chi connectivity index (χ0v) is 19.3. The second kappa shape index (κ2) is 10.7. The molecule has 34 heavy (non-hydrogen) atoms. The molecule has 1 aliphatic heterocycles. The van der Waals surface area contributed by atoms with Gasteiger partial charge in [0.15, 0.2) is 0 Å². The van der Waals surface area contributed by atoms with Crippen LogP contribution in [0.1, 0.15) is 42.7 Å². The molecule has 2 aromatic rings. The Morgan fingerprint density at radius 2 is 1.79 bits per heavy atom. The van der Waals surface area contributed by atoms with E-state index in [1.54, 1.807) is 24.3 Å². The van der Waals surface area contributed by atoms with E-state index >= 15 is 0 Å². The monoisotopic (exact) mass is 486 g/mol. The SMILES string of the molecule is C[n+]1ccn(CCOC(=O)CN2C(=O)c3ccccc3C2C(=O)NC(C)(C)C)c1.F[B-](F)(F)F. The summed E-state index contributed by atoms with van der Waals surface area (Å²) in [7, 11) is -4.10. The standard InChI is InChI=1S/C21H26N4O4.BF4/c1-21(2,3)22-19(27)18-15-7-5-6-8-16(15)20(28)25(18)13-17(26)29-12-11-24-10-9-23(4)14-24;2-1(3,4)5/h5-10,14,18H,11-13H2,1-4H3;/q;-1/p+1. The van der Waals surface area contributed by atoms with E-state index in [9.17, 15) is 31.6 Å². The normalized spacial score (nSPS) is 15.4. The summed E-state index contributed by atoms with van der Waals surface area (Å²) in [4.78, 5) is 39.4. The maximum Gasteiger partial charge on any atom is 0.673 e. The first-order chi connectivity index (χ1) is 15.7. The van der Waals surface area contributed by atoms with Crippen LogP contribution in [-0.2, 0) is 27.9 Å². The highest BCUT2D eigenvalue weighted by atomic mass is 19.5. The summed E-state index contributed by atoms with van der Waals surface area (Å²) in [5.41, 5.74) is 0.581. The first-order valence-corrected chi connectivity index (χ1v) is 10.4. The number of amides is 2. The second-order valence-electron chi connectivity index (χ2n) is 8.69. The van der Waals surface area contributed by atoms with Gasteiger partial charge in [0.25, 0.3) is 5.91 Å². The number of aromatic nitrogens is 2. The molecule has 0 saturated carbocycles. The molecule has 0 bridgehead atoms. The van der Waals surface area contributed by atoms with Crippen LogP contribution in [0.15, 0.2) is 43.0 Å². The highest BCUT2D eigenvalue weighted by molar-refractivity contribution is 6.50. The van der Waals surface area contributed by atoms with Crippen molar-refractivity contribution in [2.24, 2.45) is 7.05 Å². The number of halogens is 4. The van der Waals surface area contributed by atoms with Crippen LogP contribution in [0.5, 0.6) is 0 Å². The minimum Gasteiger partial charge on any atom is -0.460 e. The molecule has 13 heteroatoms. The molecule has 1 N–H and O–H groups in total. The van der Waals surface area contributed by atoms with Crippen molar-refractivity contribution in [2.75, 3.05) is 13.2 Å². The van der Waals surface area contributed by atoms with E-state index in [1.807, 2.05) is 55.7 Å². The molecule has 0 spiro atoms. The van der Waals surface area contributed by atoms with Crippen molar-refractivity contribution >= 4 is 25.0 Å². The minimum absolute atomic E-state index is 0.182. The first-order valence-electron chi connectivity index (χ1n) is 10.4. The van der Waals surface area contributed by atoms with E-state index < -0.39 is 24.8 Å². The Labute approximate surface area is 194 Å². The predicted molar refractivity (Wildman–Crippen MR) is 115 cm³/mol. The highest BCUT2D eigenvalue weighted by Gasteiger charge is 2.42. The number of carbonyl (C=O) groups is 3. The fraction of sp³-hybridized carbons (Fsp3) is 0.429. The van der Waals surface area contributed by atoms with Crippen molar-refractivity contribution in [2.45, 2.75) is 38.9 Å². The fourth-order valence-electron chi connectivity index (χ4n) is 3.34. The van der Waals surface area contributed by atoms with Gasteiger partial charge in [0.1, 0.15) is 38.1 Å². The molecule has 1 unspecified atom stereocenters. The lowest BCUT2D eigenvalue weighted by atomic mass is 10.0. The number of fused-ring (bicyclic) bond motifs is 1. The molecular weight excluding hydrogens is 459 g/mol. The molecule has 8 nitrogen and oxygen atoms in total. The zero-order chi connectivity index (χ0) is 25.7. The van der Waals surface area contributed by atoms with E-state index in [1.165, 1.54) is 4.90 Å². The Morgan fingerprint density at radius 1 is 1.18 bits per heavy atom. The number of imidazole rings is 1. The van der Waals surface area contributed by atoms with E-state index in [2.05, 4.69) is 5.32 Å². The number of aryl methyl sites for hydroxylation is 1. The Bertz CT molecular complexity index is 1030.